The predicted molar refractivity (Wildman–Crippen MR) is 619 cm³/mol. The molecule has 16 fully saturated rings. The minimum Gasteiger partial charge on any atom is -0.481 e. The number of hydrogen-bond acceptors (Lipinski definition) is 14. The molecular formula is C130H244N12O4. The first-order chi connectivity index (χ1) is 70.2. The van der Waals surface area contributed by atoms with E-state index >= 15 is 0 Å². The van der Waals surface area contributed by atoms with Gasteiger partial charge in [-0.05, 0) is 623 Å². The van der Waals surface area contributed by atoms with Crippen LogP contribution in [0.25, 0.3) is 0 Å². The van der Waals surface area contributed by atoms with Gasteiger partial charge in [0.25, 0.3) is 0 Å². The number of nitrogens with one attached hydrogen (secondary N) is 8. The third-order valence-corrected chi connectivity index (χ3v) is 49.3. The first-order valence-corrected chi connectivity index (χ1v) is 65.2. The fourth-order valence-electron chi connectivity index (χ4n) is 41.0. The summed E-state index contributed by atoms with van der Waals surface area (Å²) >= 11 is 0. The van der Waals surface area contributed by atoms with E-state index in [9.17, 15) is 19.8 Å². The van der Waals surface area contributed by atoms with Gasteiger partial charge in [-0.2, -0.15) is 0 Å². The van der Waals surface area contributed by atoms with Crippen LogP contribution < -0.4 is 65.5 Å². The lowest BCUT2D eigenvalue weighted by Gasteiger charge is -2.61. The Morgan fingerprint density at radius 3 is 0.671 bits per heavy atom. The molecule has 0 spiro atoms. The maximum atomic E-state index is 11.2. The maximum Gasteiger partial charge on any atom is 0.303 e. The molecule has 18 N–H and O–H groups in total. The van der Waals surface area contributed by atoms with Gasteiger partial charge in [0.15, 0.2) is 0 Å². The van der Waals surface area contributed by atoms with Crippen molar-refractivity contribution in [2.45, 2.75) is 507 Å². The number of nitrogens with two attached hydrogens (primary N) is 4. The van der Waals surface area contributed by atoms with Crippen LogP contribution in [0.2, 0.25) is 0 Å². The fourth-order valence-corrected chi connectivity index (χ4v) is 41.0. The monoisotopic (exact) mass is 2040 g/mol. The van der Waals surface area contributed by atoms with E-state index in [1.165, 1.54) is 308 Å². The lowest BCUT2D eigenvalue weighted by atomic mass is 9.44. The summed E-state index contributed by atoms with van der Waals surface area (Å²) in [5.41, 5.74) is 26.8. The zero-order valence-electron chi connectivity index (χ0n) is 98.7. The van der Waals surface area contributed by atoms with Crippen molar-refractivity contribution >= 4 is 11.9 Å². The van der Waals surface area contributed by atoms with Gasteiger partial charge in [0.2, 0.25) is 0 Å². The largest absolute Gasteiger partial charge is 0.481 e. The first kappa shape index (κ1) is 121. The second-order valence-corrected chi connectivity index (χ2v) is 58.1. The molecule has 0 aromatic heterocycles. The van der Waals surface area contributed by atoms with Crippen LogP contribution in [-0.2, 0) is 9.59 Å². The molecule has 0 aromatic rings. The predicted octanol–water partition coefficient (Wildman–Crippen LogP) is 27.2. The number of carboxylic acids is 2. The Bertz CT molecular complexity index is 3490. The summed E-state index contributed by atoms with van der Waals surface area (Å²) in [6, 6.07) is 2.97. The zero-order valence-corrected chi connectivity index (χ0v) is 98.7. The number of unbranched alkanes of at least 4 members (excludes halogenated alkanes) is 4. The number of carbonyl (C=O) groups is 2. The van der Waals surface area contributed by atoms with Crippen LogP contribution in [0.5, 0.6) is 0 Å². The van der Waals surface area contributed by atoms with Crippen molar-refractivity contribution in [3.05, 3.63) is 0 Å². The highest BCUT2D eigenvalue weighted by Crippen LogP contribution is 2.74. The molecule has 0 bridgehead atoms. The highest BCUT2D eigenvalue weighted by Gasteiger charge is 2.67. The molecule has 146 heavy (non-hydrogen) atoms. The topological polar surface area (TPSA) is 275 Å². The third kappa shape index (κ3) is 30.0. The van der Waals surface area contributed by atoms with E-state index in [1.54, 1.807) is 25.7 Å². The van der Waals surface area contributed by atoms with E-state index in [1.807, 2.05) is 0 Å². The minimum atomic E-state index is -0.628. The molecule has 16 nitrogen and oxygen atoms in total. The molecular weight excluding hydrogens is 1790 g/mol. The summed E-state index contributed by atoms with van der Waals surface area (Å²) in [7, 11) is 0. The molecule has 0 amide bonds. The molecule has 0 heterocycles. The van der Waals surface area contributed by atoms with Crippen LogP contribution in [0.3, 0.4) is 0 Å². The Morgan fingerprint density at radius 1 is 0.240 bits per heavy atom. The van der Waals surface area contributed by atoms with Crippen LogP contribution in [0.15, 0.2) is 0 Å². The molecule has 0 saturated heterocycles. The van der Waals surface area contributed by atoms with Gasteiger partial charge >= 0.3 is 11.9 Å². The summed E-state index contributed by atoms with van der Waals surface area (Å²) in [4.78, 5) is 22.4. The molecule has 0 radical (unpaired) electrons. The Balaban J connectivity index is 0.000000163. The fraction of sp³-hybridized carbons (Fsp3) is 0.985. The van der Waals surface area contributed by atoms with Crippen LogP contribution in [-0.4, -0.2) is 151 Å². The number of aliphatic carboxylic acids is 2. The van der Waals surface area contributed by atoms with Gasteiger partial charge in [0.1, 0.15) is 0 Å². The van der Waals surface area contributed by atoms with E-state index in [2.05, 4.69) is 153 Å². The normalized spacial score (nSPS) is 40.5. The Hall–Kier alpha value is -1.54. The third-order valence-electron chi connectivity index (χ3n) is 49.3. The summed E-state index contributed by atoms with van der Waals surface area (Å²) in [5.74, 6) is 22.1. The highest BCUT2D eigenvalue weighted by molar-refractivity contribution is 5.67. The molecule has 16 rings (SSSR count). The number of rotatable bonds is 54. The van der Waals surface area contributed by atoms with Crippen LogP contribution >= 0.6 is 0 Å². The molecule has 16 unspecified atom stereocenters. The Morgan fingerprint density at radius 2 is 0.452 bits per heavy atom. The van der Waals surface area contributed by atoms with Gasteiger partial charge in [-0.25, -0.2) is 0 Å². The smallest absolute Gasteiger partial charge is 0.303 e. The molecule has 16 aliphatic carbocycles. The Kier molecular flexibility index (Phi) is 48.1. The Labute approximate surface area is 900 Å². The number of carboxylic acid groups (broad SMARTS) is 2. The minimum absolute atomic E-state index is 0.338. The first-order valence-electron chi connectivity index (χ1n) is 65.2. The standard InChI is InChI=1S/2C34H65N3.2C31H57N3O2/c2*1-25(2)10-8-11-26(3)30-14-15-31-29-13-12-27-24-28(37-23-9-22-36-21-7-6-20-35)16-18-33(27,4)32(29)17-19-34(30,31)5;2*1-22(7-12-29(35)36)26-10-11-27-25-9-8-23-21-24(34-20-6-19-33-18-5-4-17-32)13-15-30(23,2)28(25)14-16-31(26,27)3/h2*25-32,36-37H,6-24,35H2,1-5H3;2*22-28,33-34H,4-21,32H2,1-3H3,(H,35,36)/t26?,27-,28+,29?,30+,31?,32?,33-,34+;26?,27-,28-,29?,30+,31?,32?,33-,34+;22?,23-,24+,25?,26+,27?,28?,30-,31+;22?,23-,24-,25?,26+,27?,28?,30-,31+/m0000/s1. The molecule has 848 valence electrons. The second kappa shape index (κ2) is 57.8. The lowest BCUT2D eigenvalue weighted by molar-refractivity contribution is -0.138. The van der Waals surface area contributed by atoms with Crippen LogP contribution in [0.1, 0.15) is 483 Å². The lowest BCUT2D eigenvalue weighted by Crippen LogP contribution is -2.55. The van der Waals surface area contributed by atoms with Crippen LogP contribution in [0, 0.1) is 197 Å². The van der Waals surface area contributed by atoms with E-state index in [0.29, 0.717) is 68.0 Å². The zero-order chi connectivity index (χ0) is 104. The highest BCUT2D eigenvalue weighted by atomic mass is 16.4. The van der Waals surface area contributed by atoms with Crippen molar-refractivity contribution in [1.29, 1.82) is 0 Å². The molecule has 16 saturated carbocycles. The summed E-state index contributed by atoms with van der Waals surface area (Å²) in [6.07, 6.45) is 77.6. The number of hydrogen-bond donors (Lipinski definition) is 14. The van der Waals surface area contributed by atoms with Gasteiger partial charge in [0.05, 0.1) is 0 Å². The van der Waals surface area contributed by atoms with E-state index in [4.69, 9.17) is 22.9 Å². The molecule has 16 aliphatic rings. The van der Waals surface area contributed by atoms with Crippen molar-refractivity contribution in [3.63, 3.8) is 0 Å². The molecule has 0 aromatic carbocycles. The van der Waals surface area contributed by atoms with Crippen molar-refractivity contribution in [2.24, 2.45) is 220 Å². The van der Waals surface area contributed by atoms with Crippen molar-refractivity contribution in [3.8, 4) is 0 Å². The van der Waals surface area contributed by atoms with Gasteiger partial charge < -0.3 is 75.7 Å². The van der Waals surface area contributed by atoms with Gasteiger partial charge in [0, 0.05) is 37.0 Å². The van der Waals surface area contributed by atoms with E-state index in [-0.39, 0.29) is 0 Å². The van der Waals surface area contributed by atoms with Gasteiger partial charge in [-0.3, -0.25) is 9.59 Å². The van der Waals surface area contributed by atoms with Gasteiger partial charge in [-0.1, -0.05) is 149 Å². The molecule has 36 atom stereocenters. The molecule has 16 heteroatoms. The van der Waals surface area contributed by atoms with Gasteiger partial charge in [-0.15, -0.1) is 0 Å². The van der Waals surface area contributed by atoms with Crippen molar-refractivity contribution in [2.75, 3.05) is 105 Å². The molecule has 0 aliphatic heterocycles. The maximum absolute atomic E-state index is 11.2. The van der Waals surface area contributed by atoms with Crippen molar-refractivity contribution < 1.29 is 19.8 Å². The average molecular weight is 2040 g/mol. The summed E-state index contributed by atoms with van der Waals surface area (Å²) < 4.78 is 0. The average Bonchev–Trinajstić information content (AvgIpc) is 1.52. The van der Waals surface area contributed by atoms with Crippen LogP contribution in [0.4, 0.5) is 0 Å². The summed E-state index contributed by atoms with van der Waals surface area (Å²) in [5, 5.41) is 48.5. The SMILES string of the molecule is CC(C)CCCC(C)[C@H]1CCC2C3CC[C@H]4C[C@@H](NCCCNCCCCN)CC[C@]4(C)C3CC[C@@]21C.CC(C)CCCC(C)[C@H]1CCC2C3CC[C@H]4C[C@H](NCCCNCCCCN)CC[C@]4(C)C3CC[C@@]21C.CC(CCC(=O)O)[C@H]1CCC2C3CC[C@H]4C[C@@H](NCCCNCCCCN)CC[C@]4(C)C3CC[C@@]21C.CC(CCC(=O)O)[C@H]1CCC2C3CC[C@H]4C[C@H](NCCCNCCCCN)CC[C@]4(C)C3CC[C@@]21C. The second-order valence-electron chi connectivity index (χ2n) is 58.1. The van der Waals surface area contributed by atoms with Crippen molar-refractivity contribution in [1.82, 2.24) is 42.5 Å². The van der Waals surface area contributed by atoms with E-state index in [0.717, 1.165) is 296 Å². The quantitative estimate of drug-likeness (QED) is 0.0252. The number of fused-ring (bicyclic) bond motifs is 20. The summed E-state index contributed by atoms with van der Waals surface area (Å²) in [6.45, 7) is 58.0. The van der Waals surface area contributed by atoms with E-state index < -0.39 is 11.9 Å².